The lowest BCUT2D eigenvalue weighted by Gasteiger charge is -2.03. The van der Waals surface area contributed by atoms with E-state index in [1.807, 2.05) is 48.5 Å². The van der Waals surface area contributed by atoms with Crippen LogP contribution in [0.5, 0.6) is 5.75 Å². The van der Waals surface area contributed by atoms with E-state index in [4.69, 9.17) is 4.74 Å². The van der Waals surface area contributed by atoms with Gasteiger partial charge in [-0.25, -0.2) is 10.4 Å². The Balaban J connectivity index is 1.53. The highest BCUT2D eigenvalue weighted by Crippen LogP contribution is 2.28. The maximum absolute atomic E-state index is 11.9. The van der Waals surface area contributed by atoms with Gasteiger partial charge in [0.25, 0.3) is 5.91 Å². The molecular weight excluding hydrogens is 342 g/mol. The number of para-hydroxylation sites is 2. The predicted octanol–water partition coefficient (Wildman–Crippen LogP) is 3.55. The number of nitrogens with zero attached hydrogens (tertiary/aromatic N) is 2. The van der Waals surface area contributed by atoms with E-state index in [-0.39, 0.29) is 11.7 Å². The first-order chi connectivity index (χ1) is 11.8. The molecule has 0 fully saturated rings. The van der Waals surface area contributed by atoms with Crippen LogP contribution >= 0.6 is 23.1 Å². The van der Waals surface area contributed by atoms with Crippen molar-refractivity contribution in [2.75, 3.05) is 12.9 Å². The van der Waals surface area contributed by atoms with Gasteiger partial charge >= 0.3 is 0 Å². The van der Waals surface area contributed by atoms with Gasteiger partial charge in [-0.05, 0) is 24.3 Å². The Kier molecular flexibility index (Phi) is 5.45. The molecule has 0 saturated heterocycles. The van der Waals surface area contributed by atoms with Crippen LogP contribution in [0.1, 0.15) is 5.56 Å². The zero-order chi connectivity index (χ0) is 16.8. The molecule has 24 heavy (non-hydrogen) atoms. The van der Waals surface area contributed by atoms with Crippen molar-refractivity contribution in [1.29, 1.82) is 0 Å². The van der Waals surface area contributed by atoms with Crippen LogP contribution in [0.3, 0.4) is 0 Å². The summed E-state index contributed by atoms with van der Waals surface area (Å²) in [5.74, 6) is 0.799. The Hall–Kier alpha value is -2.38. The number of thioether (sulfide) groups is 1. The zero-order valence-corrected chi connectivity index (χ0v) is 14.6. The maximum Gasteiger partial charge on any atom is 0.250 e. The Morgan fingerprint density at radius 1 is 1.29 bits per heavy atom. The lowest BCUT2D eigenvalue weighted by Crippen LogP contribution is -2.19. The van der Waals surface area contributed by atoms with Crippen LogP contribution in [0.4, 0.5) is 0 Å². The minimum Gasteiger partial charge on any atom is -0.496 e. The third-order valence-electron chi connectivity index (χ3n) is 3.13. The number of fused-ring (bicyclic) bond motifs is 1. The molecule has 1 aromatic heterocycles. The third-order valence-corrected chi connectivity index (χ3v) is 5.31. The Labute approximate surface area is 147 Å². The van der Waals surface area contributed by atoms with Gasteiger partial charge in [-0.15, -0.1) is 11.3 Å². The molecule has 0 saturated carbocycles. The van der Waals surface area contributed by atoms with E-state index in [1.54, 1.807) is 24.7 Å². The number of benzene rings is 2. The largest absolute Gasteiger partial charge is 0.496 e. The first-order valence-electron chi connectivity index (χ1n) is 7.19. The van der Waals surface area contributed by atoms with E-state index < -0.39 is 0 Å². The minimum atomic E-state index is -0.176. The molecule has 0 aliphatic heterocycles. The number of nitrogens with one attached hydrogen (secondary N) is 1. The topological polar surface area (TPSA) is 63.6 Å². The summed E-state index contributed by atoms with van der Waals surface area (Å²) in [6.45, 7) is 0. The first kappa shape index (κ1) is 16.5. The summed E-state index contributed by atoms with van der Waals surface area (Å²) in [5.41, 5.74) is 4.28. The van der Waals surface area contributed by atoms with Crippen molar-refractivity contribution in [3.63, 3.8) is 0 Å². The van der Waals surface area contributed by atoms with Crippen LogP contribution in [0.15, 0.2) is 58.0 Å². The molecule has 1 N–H and O–H groups in total. The average Bonchev–Trinajstić information content (AvgIpc) is 3.03. The number of hydrogen-bond donors (Lipinski definition) is 1. The standard InChI is InChI=1S/C17H15N3O2S2/c1-22-14-8-4-2-6-12(14)10-18-20-16(21)11-23-17-19-13-7-3-5-9-15(13)24-17/h2-10H,11H2,1H3,(H,20,21)/b18-10-. The molecule has 3 rings (SSSR count). The number of rotatable bonds is 6. The van der Waals surface area contributed by atoms with Crippen molar-refractivity contribution in [2.24, 2.45) is 5.10 Å². The molecule has 0 radical (unpaired) electrons. The fraction of sp³-hybridized carbons (Fsp3) is 0.118. The molecule has 0 spiro atoms. The van der Waals surface area contributed by atoms with Gasteiger partial charge in [0.15, 0.2) is 4.34 Å². The van der Waals surface area contributed by atoms with Crippen LogP contribution in [0.25, 0.3) is 10.2 Å². The Morgan fingerprint density at radius 2 is 2.08 bits per heavy atom. The van der Waals surface area contributed by atoms with Crippen LogP contribution in [0.2, 0.25) is 0 Å². The van der Waals surface area contributed by atoms with Gasteiger partial charge in [0.2, 0.25) is 0 Å². The van der Waals surface area contributed by atoms with E-state index in [0.29, 0.717) is 5.75 Å². The fourth-order valence-electron chi connectivity index (χ4n) is 2.02. The number of carbonyl (C=O) groups is 1. The molecule has 2 aromatic carbocycles. The van der Waals surface area contributed by atoms with E-state index >= 15 is 0 Å². The highest BCUT2D eigenvalue weighted by atomic mass is 32.2. The number of methoxy groups -OCH3 is 1. The molecule has 5 nitrogen and oxygen atoms in total. The van der Waals surface area contributed by atoms with E-state index in [9.17, 15) is 4.79 Å². The number of hydrazone groups is 1. The third kappa shape index (κ3) is 4.12. The molecule has 3 aromatic rings. The summed E-state index contributed by atoms with van der Waals surface area (Å²) >= 11 is 2.99. The first-order valence-corrected chi connectivity index (χ1v) is 9.00. The molecule has 1 amide bonds. The summed E-state index contributed by atoms with van der Waals surface area (Å²) in [6, 6.07) is 15.4. The summed E-state index contributed by atoms with van der Waals surface area (Å²) in [5, 5.41) is 3.97. The monoisotopic (exact) mass is 357 g/mol. The molecular formula is C17H15N3O2S2. The number of amides is 1. The summed E-state index contributed by atoms with van der Waals surface area (Å²) in [4.78, 5) is 16.4. The van der Waals surface area contributed by atoms with Crippen molar-refractivity contribution in [3.8, 4) is 5.75 Å². The van der Waals surface area contributed by atoms with Crippen LogP contribution in [-0.2, 0) is 4.79 Å². The predicted molar refractivity (Wildman–Crippen MR) is 99.1 cm³/mol. The summed E-state index contributed by atoms with van der Waals surface area (Å²) in [6.07, 6.45) is 1.57. The number of carbonyl (C=O) groups excluding carboxylic acids is 1. The summed E-state index contributed by atoms with van der Waals surface area (Å²) in [7, 11) is 1.60. The number of ether oxygens (including phenoxy) is 1. The minimum absolute atomic E-state index is 0.176. The molecule has 7 heteroatoms. The Bertz CT molecular complexity index is 844. The van der Waals surface area contributed by atoms with Crippen molar-refractivity contribution >= 4 is 45.4 Å². The molecule has 0 aliphatic rings. The van der Waals surface area contributed by atoms with Gasteiger partial charge in [0.05, 0.1) is 29.3 Å². The molecule has 0 unspecified atom stereocenters. The number of hydrogen-bond acceptors (Lipinski definition) is 6. The van der Waals surface area contributed by atoms with Gasteiger partial charge in [-0.2, -0.15) is 5.10 Å². The van der Waals surface area contributed by atoms with Gasteiger partial charge < -0.3 is 4.74 Å². The lowest BCUT2D eigenvalue weighted by molar-refractivity contribution is -0.118. The van der Waals surface area contributed by atoms with E-state index in [2.05, 4.69) is 15.5 Å². The van der Waals surface area contributed by atoms with Gasteiger partial charge in [0, 0.05) is 5.56 Å². The molecule has 0 bridgehead atoms. The normalized spacial score (nSPS) is 11.0. The van der Waals surface area contributed by atoms with Crippen LogP contribution in [0, 0.1) is 0 Å². The fourth-order valence-corrected chi connectivity index (χ4v) is 3.88. The van der Waals surface area contributed by atoms with Gasteiger partial charge in [0.1, 0.15) is 5.75 Å². The zero-order valence-electron chi connectivity index (χ0n) is 12.9. The highest BCUT2D eigenvalue weighted by Gasteiger charge is 2.07. The highest BCUT2D eigenvalue weighted by molar-refractivity contribution is 8.01. The van der Waals surface area contributed by atoms with Gasteiger partial charge in [-0.1, -0.05) is 36.0 Å². The van der Waals surface area contributed by atoms with E-state index in [0.717, 1.165) is 20.1 Å². The molecule has 1 heterocycles. The number of aromatic nitrogens is 1. The lowest BCUT2D eigenvalue weighted by atomic mass is 10.2. The smallest absolute Gasteiger partial charge is 0.250 e. The maximum atomic E-state index is 11.9. The van der Waals surface area contributed by atoms with Crippen molar-refractivity contribution < 1.29 is 9.53 Å². The van der Waals surface area contributed by atoms with Crippen LogP contribution < -0.4 is 10.2 Å². The second-order valence-electron chi connectivity index (χ2n) is 4.77. The SMILES string of the molecule is COc1ccccc1/C=N\NC(=O)CSc1nc2ccccc2s1. The second-order valence-corrected chi connectivity index (χ2v) is 7.02. The molecule has 0 aliphatic carbocycles. The number of thiazole rings is 1. The average molecular weight is 357 g/mol. The molecule has 122 valence electrons. The Morgan fingerprint density at radius 3 is 2.92 bits per heavy atom. The summed E-state index contributed by atoms with van der Waals surface area (Å²) < 4.78 is 7.22. The van der Waals surface area contributed by atoms with E-state index in [1.165, 1.54) is 11.8 Å². The quantitative estimate of drug-likeness (QED) is 0.416. The van der Waals surface area contributed by atoms with Crippen molar-refractivity contribution in [1.82, 2.24) is 10.4 Å². The van der Waals surface area contributed by atoms with Crippen LogP contribution in [-0.4, -0.2) is 30.0 Å². The van der Waals surface area contributed by atoms with Crippen molar-refractivity contribution in [2.45, 2.75) is 4.34 Å². The van der Waals surface area contributed by atoms with Gasteiger partial charge in [-0.3, -0.25) is 4.79 Å². The second kappa shape index (κ2) is 7.94. The van der Waals surface area contributed by atoms with Crippen molar-refractivity contribution in [3.05, 3.63) is 54.1 Å². The molecule has 0 atom stereocenters.